The Morgan fingerprint density at radius 1 is 1.02 bits per heavy atom. The molecule has 5 rings (SSSR count). The summed E-state index contributed by atoms with van der Waals surface area (Å²) in [6.45, 7) is 2.40. The van der Waals surface area contributed by atoms with Crippen LogP contribution >= 0.6 is 0 Å². The number of aromatic amines is 2. The van der Waals surface area contributed by atoms with Gasteiger partial charge in [-0.2, -0.15) is 5.10 Å². The molecule has 3 aliphatic heterocycles. The fourth-order valence-corrected chi connectivity index (χ4v) is 6.91. The van der Waals surface area contributed by atoms with Gasteiger partial charge in [-0.1, -0.05) is 6.07 Å². The predicted octanol–water partition coefficient (Wildman–Crippen LogP) is 1.59. The van der Waals surface area contributed by atoms with Crippen molar-refractivity contribution < 1.29 is 23.9 Å². The Balaban J connectivity index is 1.31. The van der Waals surface area contributed by atoms with Gasteiger partial charge >= 0.3 is 5.69 Å². The minimum Gasteiger partial charge on any atom is -0.493 e. The summed E-state index contributed by atoms with van der Waals surface area (Å²) in [5.41, 5.74) is 1.65. The van der Waals surface area contributed by atoms with E-state index in [4.69, 9.17) is 9.47 Å². The highest BCUT2D eigenvalue weighted by atomic mass is 16.5. The van der Waals surface area contributed by atoms with Gasteiger partial charge in [0.1, 0.15) is 5.82 Å². The number of piperidine rings is 2. The number of methoxy groups -OCH3 is 2. The van der Waals surface area contributed by atoms with Crippen molar-refractivity contribution in [1.82, 2.24) is 30.3 Å². The summed E-state index contributed by atoms with van der Waals surface area (Å²) in [5.74, 6) is 2.35. The third kappa shape index (κ3) is 6.96. The number of fused-ring (bicyclic) bond motifs is 6. The molecule has 4 bridgehead atoms. The van der Waals surface area contributed by atoms with Gasteiger partial charge in [0.25, 0.3) is 0 Å². The second kappa shape index (κ2) is 13.4. The largest absolute Gasteiger partial charge is 0.493 e. The molecule has 3 atom stereocenters. The van der Waals surface area contributed by atoms with Crippen molar-refractivity contribution in [2.24, 2.45) is 11.8 Å². The lowest BCUT2D eigenvalue weighted by Gasteiger charge is -2.51. The average molecular weight is 583 g/mol. The Bertz CT molecular complexity index is 1340. The number of ether oxygens (including phenoxy) is 2. The fraction of sp³-hybridized carbons (Fsp3) is 0.633. The standard InChI is InChI=1S/C30H42N6O6/c1-41-24-15-19-8-10-28(39)36-17-20-14-22(18-35(16-20)27(38)11-9-25-32-30(40)34-33-25)23(36)6-3-7-26(37)31-12-4-5-21(13-19)29(24)42-2/h13,15,20,22-23H,3-12,14,16-18H2,1-2H3,(H,31,37)(H2,32,33,34,40)/t20-,22+,23-/m0/s1. The average Bonchev–Trinajstić information content (AvgIpc) is 3.41. The molecular formula is C30H42N6O6. The van der Waals surface area contributed by atoms with Crippen LogP contribution in [0.25, 0.3) is 0 Å². The number of carbonyl (C=O) groups excluding carboxylic acids is 3. The molecule has 1 aromatic heterocycles. The minimum atomic E-state index is -0.380. The zero-order chi connectivity index (χ0) is 29.6. The first kappa shape index (κ1) is 29.7. The van der Waals surface area contributed by atoms with Gasteiger partial charge in [-0.3, -0.25) is 19.4 Å². The van der Waals surface area contributed by atoms with Crippen molar-refractivity contribution in [1.29, 1.82) is 0 Å². The van der Waals surface area contributed by atoms with Gasteiger partial charge in [0.15, 0.2) is 11.5 Å². The summed E-state index contributed by atoms with van der Waals surface area (Å²) in [6, 6.07) is 4.02. The second-order valence-corrected chi connectivity index (χ2v) is 11.7. The Kier molecular flexibility index (Phi) is 9.48. The number of hydrogen-bond donors (Lipinski definition) is 3. The summed E-state index contributed by atoms with van der Waals surface area (Å²) >= 11 is 0. The highest BCUT2D eigenvalue weighted by Gasteiger charge is 2.43. The molecule has 0 saturated carbocycles. The van der Waals surface area contributed by atoms with Crippen LogP contribution in [0.3, 0.4) is 0 Å². The monoisotopic (exact) mass is 582 g/mol. The number of rotatable bonds is 5. The van der Waals surface area contributed by atoms with Crippen LogP contribution in [0.1, 0.15) is 61.9 Å². The summed E-state index contributed by atoms with van der Waals surface area (Å²) in [4.78, 5) is 57.4. The number of H-pyrrole nitrogens is 2. The van der Waals surface area contributed by atoms with Gasteiger partial charge in [0, 0.05) is 57.9 Å². The number of benzene rings is 1. The Labute approximate surface area is 245 Å². The smallest absolute Gasteiger partial charge is 0.340 e. The highest BCUT2D eigenvalue weighted by Crippen LogP contribution is 2.37. The number of aromatic nitrogens is 3. The van der Waals surface area contributed by atoms with Crippen LogP contribution in [-0.4, -0.2) is 89.1 Å². The van der Waals surface area contributed by atoms with E-state index in [1.807, 2.05) is 15.9 Å². The number of likely N-dealkylation sites (tertiary alicyclic amines) is 1. The summed E-state index contributed by atoms with van der Waals surface area (Å²) in [7, 11) is 3.24. The number of nitrogens with zero attached hydrogens (tertiary/aromatic N) is 3. The SMILES string of the molecule is COc1cc2cc(c1OC)CCCNC(=O)CCC[C@H]1[C@@H]3C[C@@H](CN(C(=O)CCc4n[nH]c(=O)[nH]4)C3)CN1C(=O)CC2. The molecule has 2 aromatic rings. The maximum atomic E-state index is 13.8. The topological polar surface area (TPSA) is 150 Å². The molecular weight excluding hydrogens is 540 g/mol. The normalized spacial score (nSPS) is 23.6. The molecule has 0 aliphatic carbocycles. The van der Waals surface area contributed by atoms with Gasteiger partial charge in [-0.15, -0.1) is 0 Å². The molecule has 2 fully saturated rings. The van der Waals surface area contributed by atoms with E-state index in [9.17, 15) is 19.2 Å². The van der Waals surface area contributed by atoms with E-state index in [2.05, 4.69) is 26.6 Å². The quantitative estimate of drug-likeness (QED) is 0.485. The molecule has 0 spiro atoms. The first-order valence-corrected chi connectivity index (χ1v) is 15.1. The number of hydrogen-bond acceptors (Lipinski definition) is 7. The van der Waals surface area contributed by atoms with Crippen LogP contribution in [0.5, 0.6) is 11.5 Å². The van der Waals surface area contributed by atoms with Crippen LogP contribution in [0.15, 0.2) is 16.9 Å². The number of nitrogens with one attached hydrogen (secondary N) is 3. The van der Waals surface area contributed by atoms with Crippen LogP contribution < -0.4 is 20.5 Å². The van der Waals surface area contributed by atoms with Gasteiger partial charge in [0.2, 0.25) is 17.7 Å². The number of amides is 3. The van der Waals surface area contributed by atoms with Crippen molar-refractivity contribution in [3.05, 3.63) is 39.6 Å². The maximum Gasteiger partial charge on any atom is 0.340 e. The second-order valence-electron chi connectivity index (χ2n) is 11.7. The zero-order valence-corrected chi connectivity index (χ0v) is 24.6. The fourth-order valence-electron chi connectivity index (χ4n) is 6.91. The van der Waals surface area contributed by atoms with Crippen LogP contribution in [-0.2, 0) is 33.6 Å². The molecule has 0 radical (unpaired) electrons. The van der Waals surface area contributed by atoms with Gasteiger partial charge in [-0.05, 0) is 67.6 Å². The van der Waals surface area contributed by atoms with Crippen molar-refractivity contribution in [2.45, 2.75) is 70.3 Å². The number of carbonyl (C=O) groups is 3. The van der Waals surface area contributed by atoms with E-state index in [0.29, 0.717) is 75.6 Å². The minimum absolute atomic E-state index is 0.0174. The zero-order valence-electron chi connectivity index (χ0n) is 24.6. The molecule has 12 heteroatoms. The van der Waals surface area contributed by atoms with Crippen molar-refractivity contribution >= 4 is 17.7 Å². The molecule has 3 N–H and O–H groups in total. The Morgan fingerprint density at radius 3 is 2.64 bits per heavy atom. The van der Waals surface area contributed by atoms with E-state index in [-0.39, 0.29) is 47.7 Å². The van der Waals surface area contributed by atoms with Gasteiger partial charge < -0.3 is 24.6 Å². The van der Waals surface area contributed by atoms with Crippen molar-refractivity contribution in [3.63, 3.8) is 0 Å². The Morgan fingerprint density at radius 2 is 1.88 bits per heavy atom. The molecule has 3 aliphatic rings. The lowest BCUT2D eigenvalue weighted by atomic mass is 9.77. The molecule has 4 heterocycles. The van der Waals surface area contributed by atoms with E-state index in [1.165, 1.54) is 0 Å². The predicted molar refractivity (Wildman–Crippen MR) is 154 cm³/mol. The number of aryl methyl sites for hydroxylation is 3. The molecule has 0 unspecified atom stereocenters. The molecule has 2 saturated heterocycles. The van der Waals surface area contributed by atoms with E-state index in [0.717, 1.165) is 36.8 Å². The first-order valence-electron chi connectivity index (χ1n) is 15.1. The highest BCUT2D eigenvalue weighted by molar-refractivity contribution is 5.78. The molecule has 3 amide bonds. The summed E-state index contributed by atoms with van der Waals surface area (Å²) in [6.07, 6.45) is 5.91. The van der Waals surface area contributed by atoms with E-state index < -0.39 is 0 Å². The van der Waals surface area contributed by atoms with Gasteiger partial charge in [-0.25, -0.2) is 9.89 Å². The van der Waals surface area contributed by atoms with Crippen LogP contribution in [0, 0.1) is 11.8 Å². The third-order valence-electron chi connectivity index (χ3n) is 8.86. The first-order chi connectivity index (χ1) is 20.3. The summed E-state index contributed by atoms with van der Waals surface area (Å²) < 4.78 is 11.2. The summed E-state index contributed by atoms with van der Waals surface area (Å²) in [5, 5.41) is 9.28. The lowest BCUT2D eigenvalue weighted by Crippen LogP contribution is -2.60. The molecule has 1 aromatic carbocycles. The molecule has 42 heavy (non-hydrogen) atoms. The van der Waals surface area contributed by atoms with Gasteiger partial charge in [0.05, 0.1) is 14.2 Å². The third-order valence-corrected chi connectivity index (χ3v) is 8.86. The maximum absolute atomic E-state index is 13.8. The van der Waals surface area contributed by atoms with Crippen LogP contribution in [0.4, 0.5) is 0 Å². The molecule has 12 nitrogen and oxygen atoms in total. The van der Waals surface area contributed by atoms with Crippen LogP contribution in [0.2, 0.25) is 0 Å². The van der Waals surface area contributed by atoms with Crippen molar-refractivity contribution in [3.8, 4) is 11.5 Å². The Hall–Kier alpha value is -3.83. The van der Waals surface area contributed by atoms with Crippen molar-refractivity contribution in [2.75, 3.05) is 40.4 Å². The molecule has 228 valence electrons. The van der Waals surface area contributed by atoms with E-state index >= 15 is 0 Å². The lowest BCUT2D eigenvalue weighted by molar-refractivity contribution is -0.145. The van der Waals surface area contributed by atoms with E-state index in [1.54, 1.807) is 14.2 Å².